The van der Waals surface area contributed by atoms with Gasteiger partial charge in [-0.05, 0) is 60.9 Å². The van der Waals surface area contributed by atoms with Gasteiger partial charge in [-0.15, -0.1) is 0 Å². The SMILES string of the molecule is CCOC(=O)C1=C(C)n2c(s/c(=C\c3ccc(OCc4ccccc4)c(OC)c3)c2=O)=N[C@H]1c1ccc(N(C)C)cc1. The summed E-state index contributed by atoms with van der Waals surface area (Å²) in [7, 11) is 5.52. The zero-order valence-electron chi connectivity index (χ0n) is 24.3. The Morgan fingerprint density at radius 1 is 1.05 bits per heavy atom. The van der Waals surface area contributed by atoms with E-state index in [1.807, 2.05) is 91.8 Å². The molecule has 3 aromatic carbocycles. The lowest BCUT2D eigenvalue weighted by molar-refractivity contribution is -0.138. The molecule has 9 heteroatoms. The quantitative estimate of drug-likeness (QED) is 0.269. The lowest BCUT2D eigenvalue weighted by atomic mass is 9.96. The topological polar surface area (TPSA) is 82.4 Å². The van der Waals surface area contributed by atoms with Crippen LogP contribution in [-0.2, 0) is 16.1 Å². The molecule has 1 aliphatic heterocycles. The smallest absolute Gasteiger partial charge is 0.338 e. The molecule has 8 nitrogen and oxygen atoms in total. The van der Waals surface area contributed by atoms with E-state index in [1.165, 1.54) is 15.9 Å². The van der Waals surface area contributed by atoms with Crippen molar-refractivity contribution in [2.45, 2.75) is 26.5 Å². The first-order valence-corrected chi connectivity index (χ1v) is 14.4. The van der Waals surface area contributed by atoms with Crippen LogP contribution < -0.4 is 29.3 Å². The van der Waals surface area contributed by atoms with Gasteiger partial charge < -0.3 is 19.1 Å². The number of hydrogen-bond donors (Lipinski definition) is 0. The number of thiazole rings is 1. The number of rotatable bonds is 9. The number of allylic oxidation sites excluding steroid dienone is 1. The van der Waals surface area contributed by atoms with Crippen LogP contribution in [0.1, 0.15) is 36.6 Å². The fourth-order valence-electron chi connectivity index (χ4n) is 4.79. The van der Waals surface area contributed by atoms with Crippen molar-refractivity contribution in [2.24, 2.45) is 4.99 Å². The molecule has 0 spiro atoms. The standard InChI is InChI=1S/C33H33N3O5S/c1-6-40-32(38)29-21(2)36-31(37)28(42-33(36)34-30(29)24-13-15-25(16-14-24)35(3)4)19-23-12-17-26(27(18-23)39-5)41-20-22-10-8-7-9-11-22/h7-19,30H,6,20H2,1-5H3/b28-19-/t30-/m0/s1. The van der Waals surface area contributed by atoms with E-state index in [0.29, 0.717) is 38.7 Å². The maximum Gasteiger partial charge on any atom is 0.338 e. The number of nitrogens with zero attached hydrogens (tertiary/aromatic N) is 3. The van der Waals surface area contributed by atoms with Gasteiger partial charge in [0.15, 0.2) is 16.3 Å². The average molecular weight is 584 g/mol. The summed E-state index contributed by atoms with van der Waals surface area (Å²) in [5.41, 5.74) is 4.33. The zero-order chi connectivity index (χ0) is 29.8. The van der Waals surface area contributed by atoms with Crippen LogP contribution in [0.15, 0.2) is 88.2 Å². The highest BCUT2D eigenvalue weighted by Crippen LogP contribution is 2.33. The van der Waals surface area contributed by atoms with E-state index in [4.69, 9.17) is 19.2 Å². The number of methoxy groups -OCH3 is 1. The molecule has 0 fully saturated rings. The van der Waals surface area contributed by atoms with Gasteiger partial charge in [0.25, 0.3) is 5.56 Å². The Hall–Kier alpha value is -4.63. The minimum Gasteiger partial charge on any atom is -0.493 e. The third-order valence-electron chi connectivity index (χ3n) is 6.99. The van der Waals surface area contributed by atoms with Crippen LogP contribution in [0.5, 0.6) is 11.5 Å². The minimum atomic E-state index is -0.590. The molecular formula is C33H33N3O5S. The van der Waals surface area contributed by atoms with Crippen molar-refractivity contribution in [2.75, 3.05) is 32.7 Å². The second-order valence-corrected chi connectivity index (χ2v) is 11.0. The molecular weight excluding hydrogens is 550 g/mol. The van der Waals surface area contributed by atoms with Crippen LogP contribution in [0.2, 0.25) is 0 Å². The molecule has 0 saturated heterocycles. The van der Waals surface area contributed by atoms with Gasteiger partial charge in [-0.25, -0.2) is 9.79 Å². The number of carbonyl (C=O) groups excluding carboxylic acids is 1. The predicted molar refractivity (Wildman–Crippen MR) is 166 cm³/mol. The summed E-state index contributed by atoms with van der Waals surface area (Å²) >= 11 is 1.28. The fraction of sp³-hybridized carbons (Fsp3) is 0.242. The minimum absolute atomic E-state index is 0.221. The summed E-state index contributed by atoms with van der Waals surface area (Å²) in [6.07, 6.45) is 1.80. The van der Waals surface area contributed by atoms with E-state index in [2.05, 4.69) is 0 Å². The summed E-state index contributed by atoms with van der Waals surface area (Å²) in [5.74, 6) is 0.690. The molecule has 1 aromatic heterocycles. The van der Waals surface area contributed by atoms with E-state index in [-0.39, 0.29) is 12.2 Å². The summed E-state index contributed by atoms with van der Waals surface area (Å²) in [6, 6.07) is 22.7. The first-order chi connectivity index (χ1) is 20.3. The van der Waals surface area contributed by atoms with Gasteiger partial charge in [0.05, 0.1) is 23.8 Å². The Morgan fingerprint density at radius 2 is 1.79 bits per heavy atom. The second-order valence-electron chi connectivity index (χ2n) is 9.96. The Bertz CT molecular complexity index is 1810. The molecule has 0 saturated carbocycles. The number of aromatic nitrogens is 1. The van der Waals surface area contributed by atoms with Crippen LogP contribution >= 0.6 is 11.3 Å². The van der Waals surface area contributed by atoms with Gasteiger partial charge in [0.1, 0.15) is 12.6 Å². The van der Waals surface area contributed by atoms with E-state index < -0.39 is 12.0 Å². The summed E-state index contributed by atoms with van der Waals surface area (Å²) in [6.45, 7) is 4.16. The van der Waals surface area contributed by atoms with E-state index in [0.717, 1.165) is 22.4 Å². The first kappa shape index (κ1) is 28.9. The number of benzene rings is 3. The predicted octanol–water partition coefficient (Wildman–Crippen LogP) is 4.56. The molecule has 1 aliphatic rings. The number of fused-ring (bicyclic) bond motifs is 1. The monoisotopic (exact) mass is 583 g/mol. The Labute approximate surface area is 248 Å². The highest BCUT2D eigenvalue weighted by molar-refractivity contribution is 7.07. The summed E-state index contributed by atoms with van der Waals surface area (Å²) in [4.78, 5) is 34.2. The Kier molecular flexibility index (Phi) is 8.59. The third kappa shape index (κ3) is 5.87. The lowest BCUT2D eigenvalue weighted by Crippen LogP contribution is -2.35. The number of esters is 1. The van der Waals surface area contributed by atoms with Crippen molar-refractivity contribution in [3.63, 3.8) is 0 Å². The van der Waals surface area contributed by atoms with Crippen LogP contribution in [-0.4, -0.2) is 38.3 Å². The van der Waals surface area contributed by atoms with Crippen molar-refractivity contribution >= 4 is 34.8 Å². The van der Waals surface area contributed by atoms with Crippen LogP contribution in [0.4, 0.5) is 5.69 Å². The van der Waals surface area contributed by atoms with Gasteiger partial charge in [-0.2, -0.15) is 0 Å². The number of carbonyl (C=O) groups is 1. The molecule has 0 aliphatic carbocycles. The molecule has 0 bridgehead atoms. The molecule has 1 atom stereocenters. The molecule has 0 N–H and O–H groups in total. The number of anilines is 1. The van der Waals surface area contributed by atoms with Crippen molar-refractivity contribution in [1.82, 2.24) is 4.57 Å². The first-order valence-electron chi connectivity index (χ1n) is 13.6. The van der Waals surface area contributed by atoms with Gasteiger partial charge >= 0.3 is 5.97 Å². The molecule has 42 heavy (non-hydrogen) atoms. The maximum absolute atomic E-state index is 13.6. The molecule has 4 aromatic rings. The Balaban J connectivity index is 1.54. The van der Waals surface area contributed by atoms with E-state index in [9.17, 15) is 9.59 Å². The summed E-state index contributed by atoms with van der Waals surface area (Å²) < 4.78 is 19.0. The zero-order valence-corrected chi connectivity index (χ0v) is 25.1. The molecule has 5 rings (SSSR count). The third-order valence-corrected chi connectivity index (χ3v) is 7.97. The van der Waals surface area contributed by atoms with Crippen molar-refractivity contribution in [3.05, 3.63) is 115 Å². The number of ether oxygens (including phenoxy) is 3. The van der Waals surface area contributed by atoms with Crippen molar-refractivity contribution in [3.8, 4) is 11.5 Å². The highest BCUT2D eigenvalue weighted by atomic mass is 32.1. The maximum atomic E-state index is 13.6. The van der Waals surface area contributed by atoms with Crippen LogP contribution in [0.3, 0.4) is 0 Å². The largest absolute Gasteiger partial charge is 0.493 e. The van der Waals surface area contributed by atoms with E-state index in [1.54, 1.807) is 27.0 Å². The average Bonchev–Trinajstić information content (AvgIpc) is 3.31. The summed E-state index contributed by atoms with van der Waals surface area (Å²) in [5, 5.41) is 0. The van der Waals surface area contributed by atoms with Crippen LogP contribution in [0, 0.1) is 0 Å². The Morgan fingerprint density at radius 3 is 2.45 bits per heavy atom. The fourth-order valence-corrected chi connectivity index (χ4v) is 5.83. The van der Waals surface area contributed by atoms with Crippen molar-refractivity contribution < 1.29 is 19.0 Å². The van der Waals surface area contributed by atoms with Gasteiger partial charge in [-0.3, -0.25) is 9.36 Å². The normalized spacial score (nSPS) is 14.7. The molecule has 2 heterocycles. The molecule has 216 valence electrons. The van der Waals surface area contributed by atoms with Crippen LogP contribution in [0.25, 0.3) is 11.8 Å². The van der Waals surface area contributed by atoms with Gasteiger partial charge in [-0.1, -0.05) is 59.9 Å². The van der Waals surface area contributed by atoms with Gasteiger partial charge in [0, 0.05) is 25.5 Å². The van der Waals surface area contributed by atoms with Crippen molar-refractivity contribution in [1.29, 1.82) is 0 Å². The molecule has 0 amide bonds. The lowest BCUT2D eigenvalue weighted by Gasteiger charge is -2.23. The van der Waals surface area contributed by atoms with Gasteiger partial charge in [0.2, 0.25) is 0 Å². The molecule has 0 unspecified atom stereocenters. The highest BCUT2D eigenvalue weighted by Gasteiger charge is 2.31. The second kappa shape index (κ2) is 12.5. The van der Waals surface area contributed by atoms with E-state index >= 15 is 0 Å². The number of hydrogen-bond acceptors (Lipinski definition) is 8. The molecule has 0 radical (unpaired) electrons.